The molecule has 4 heteroatoms. The van der Waals surface area contributed by atoms with Gasteiger partial charge in [0.25, 0.3) is 0 Å². The summed E-state index contributed by atoms with van der Waals surface area (Å²) in [6.07, 6.45) is 4.02. The zero-order valence-electron chi connectivity index (χ0n) is 8.63. The lowest BCUT2D eigenvalue weighted by molar-refractivity contribution is 0.193. The average Bonchev–Trinajstić information content (AvgIpc) is 2.28. The molecule has 4 nitrogen and oxygen atoms in total. The van der Waals surface area contributed by atoms with Crippen molar-refractivity contribution in [2.75, 3.05) is 19.7 Å². The van der Waals surface area contributed by atoms with Crippen molar-refractivity contribution in [3.63, 3.8) is 0 Å². The van der Waals surface area contributed by atoms with Gasteiger partial charge in [-0.2, -0.15) is 5.26 Å². The highest BCUT2D eigenvalue weighted by molar-refractivity contribution is 5.08. The molecule has 0 saturated carbocycles. The van der Waals surface area contributed by atoms with E-state index in [1.807, 2.05) is 17.0 Å². The van der Waals surface area contributed by atoms with Crippen LogP contribution in [0.1, 0.15) is 12.0 Å². The van der Waals surface area contributed by atoms with Crippen molar-refractivity contribution >= 4 is 0 Å². The summed E-state index contributed by atoms with van der Waals surface area (Å²) >= 11 is 0. The van der Waals surface area contributed by atoms with E-state index in [9.17, 15) is 0 Å². The molecular weight excluding hydrogens is 190 g/mol. The predicted molar refractivity (Wildman–Crippen MR) is 56.8 cm³/mol. The molecule has 1 rings (SSSR count). The van der Waals surface area contributed by atoms with E-state index in [4.69, 9.17) is 10.4 Å². The molecule has 80 valence electrons. The molecular formula is C11H15N3O. The van der Waals surface area contributed by atoms with Crippen LogP contribution in [-0.2, 0) is 6.54 Å². The second-order valence-corrected chi connectivity index (χ2v) is 3.27. The van der Waals surface area contributed by atoms with Crippen molar-refractivity contribution in [2.24, 2.45) is 0 Å². The molecule has 1 aromatic heterocycles. The zero-order chi connectivity index (χ0) is 10.9. The minimum Gasteiger partial charge on any atom is -0.395 e. The molecule has 1 N–H and O–H groups in total. The first kappa shape index (κ1) is 11.6. The molecule has 0 radical (unpaired) electrons. The number of hydrogen-bond donors (Lipinski definition) is 1. The van der Waals surface area contributed by atoms with E-state index in [1.165, 1.54) is 0 Å². The lowest BCUT2D eigenvalue weighted by Gasteiger charge is -2.19. The molecule has 1 aromatic rings. The van der Waals surface area contributed by atoms with Crippen molar-refractivity contribution in [1.29, 1.82) is 5.26 Å². The maximum Gasteiger partial charge on any atom is 0.0635 e. The molecule has 0 fully saturated rings. The highest BCUT2D eigenvalue weighted by atomic mass is 16.3. The number of aromatic nitrogens is 1. The van der Waals surface area contributed by atoms with Crippen LogP contribution in [0.15, 0.2) is 24.5 Å². The van der Waals surface area contributed by atoms with Crippen LogP contribution < -0.4 is 0 Å². The molecule has 0 aliphatic carbocycles. The highest BCUT2D eigenvalue weighted by Gasteiger charge is 2.04. The Morgan fingerprint density at radius 2 is 2.33 bits per heavy atom. The normalized spacial score (nSPS) is 10.2. The summed E-state index contributed by atoms with van der Waals surface area (Å²) in [5.41, 5.74) is 1.10. The van der Waals surface area contributed by atoms with Gasteiger partial charge in [-0.3, -0.25) is 9.88 Å². The highest BCUT2D eigenvalue weighted by Crippen LogP contribution is 2.02. The Labute approximate surface area is 89.8 Å². The number of nitrogens with zero attached hydrogens (tertiary/aromatic N) is 3. The van der Waals surface area contributed by atoms with Gasteiger partial charge in [-0.25, -0.2) is 0 Å². The monoisotopic (exact) mass is 205 g/mol. The summed E-state index contributed by atoms with van der Waals surface area (Å²) in [6, 6.07) is 5.98. The molecule has 0 saturated heterocycles. The van der Waals surface area contributed by atoms with Crippen LogP contribution in [0.4, 0.5) is 0 Å². The number of rotatable bonds is 6. The zero-order valence-corrected chi connectivity index (χ0v) is 8.63. The summed E-state index contributed by atoms with van der Waals surface area (Å²) in [7, 11) is 0. The van der Waals surface area contributed by atoms with Gasteiger partial charge in [0.15, 0.2) is 0 Å². The van der Waals surface area contributed by atoms with Crippen LogP contribution in [0.2, 0.25) is 0 Å². The van der Waals surface area contributed by atoms with Gasteiger partial charge in [0.05, 0.1) is 12.7 Å². The number of nitriles is 1. The smallest absolute Gasteiger partial charge is 0.0635 e. The van der Waals surface area contributed by atoms with Crippen LogP contribution in [0.5, 0.6) is 0 Å². The maximum atomic E-state index is 8.87. The Morgan fingerprint density at radius 3 is 2.93 bits per heavy atom. The molecule has 0 atom stereocenters. The van der Waals surface area contributed by atoms with E-state index < -0.39 is 0 Å². The fourth-order valence-corrected chi connectivity index (χ4v) is 1.37. The second-order valence-electron chi connectivity index (χ2n) is 3.27. The third kappa shape index (κ3) is 4.54. The molecule has 0 unspecified atom stereocenters. The summed E-state index contributed by atoms with van der Waals surface area (Å²) in [4.78, 5) is 6.07. The third-order valence-electron chi connectivity index (χ3n) is 2.09. The minimum atomic E-state index is 0.117. The van der Waals surface area contributed by atoms with Crippen molar-refractivity contribution < 1.29 is 5.11 Å². The summed E-state index contributed by atoms with van der Waals surface area (Å²) < 4.78 is 0. The standard InChI is InChI=1S/C11H15N3O/c12-4-2-6-14(7-8-15)10-11-3-1-5-13-9-11/h1,3,5,9,15H,2,6-8,10H2. The van der Waals surface area contributed by atoms with Crippen LogP contribution in [0.3, 0.4) is 0 Å². The molecule has 0 spiro atoms. The van der Waals surface area contributed by atoms with Crippen LogP contribution >= 0.6 is 0 Å². The Kier molecular flexibility index (Phi) is 5.38. The van der Waals surface area contributed by atoms with Crippen LogP contribution in [-0.4, -0.2) is 34.7 Å². The number of aliphatic hydroxyl groups excluding tert-OH is 1. The van der Waals surface area contributed by atoms with E-state index in [-0.39, 0.29) is 6.61 Å². The predicted octanol–water partition coefficient (Wildman–Crippen LogP) is 0.790. The molecule has 0 bridgehead atoms. The first-order chi connectivity index (χ1) is 7.36. The molecule has 0 aliphatic heterocycles. The molecule has 0 aromatic carbocycles. The molecule has 1 heterocycles. The SMILES string of the molecule is N#CCCN(CCO)Cc1cccnc1. The van der Waals surface area contributed by atoms with E-state index in [0.717, 1.165) is 12.1 Å². The lowest BCUT2D eigenvalue weighted by Crippen LogP contribution is -2.27. The Hall–Kier alpha value is -1.44. The molecule has 0 amide bonds. The van der Waals surface area contributed by atoms with Gasteiger partial charge in [0, 0.05) is 38.4 Å². The largest absolute Gasteiger partial charge is 0.395 e. The van der Waals surface area contributed by atoms with Gasteiger partial charge in [0.2, 0.25) is 0 Å². The van der Waals surface area contributed by atoms with Crippen molar-refractivity contribution in [3.05, 3.63) is 30.1 Å². The van der Waals surface area contributed by atoms with Gasteiger partial charge in [0.1, 0.15) is 0 Å². The van der Waals surface area contributed by atoms with Gasteiger partial charge in [-0.05, 0) is 11.6 Å². The first-order valence-electron chi connectivity index (χ1n) is 4.96. The first-order valence-corrected chi connectivity index (χ1v) is 4.96. The van der Waals surface area contributed by atoms with Crippen LogP contribution in [0, 0.1) is 11.3 Å². The van der Waals surface area contributed by atoms with E-state index in [2.05, 4.69) is 11.1 Å². The van der Waals surface area contributed by atoms with E-state index in [0.29, 0.717) is 19.5 Å². The number of hydrogen-bond acceptors (Lipinski definition) is 4. The third-order valence-corrected chi connectivity index (χ3v) is 2.09. The minimum absolute atomic E-state index is 0.117. The quantitative estimate of drug-likeness (QED) is 0.746. The number of pyridine rings is 1. The average molecular weight is 205 g/mol. The lowest BCUT2D eigenvalue weighted by atomic mass is 10.2. The number of aliphatic hydroxyl groups is 1. The van der Waals surface area contributed by atoms with Gasteiger partial charge in [-0.15, -0.1) is 0 Å². The van der Waals surface area contributed by atoms with Crippen molar-refractivity contribution in [2.45, 2.75) is 13.0 Å². The fourth-order valence-electron chi connectivity index (χ4n) is 1.37. The van der Waals surface area contributed by atoms with Crippen LogP contribution in [0.25, 0.3) is 0 Å². The van der Waals surface area contributed by atoms with E-state index >= 15 is 0 Å². The fraction of sp³-hybridized carbons (Fsp3) is 0.455. The Morgan fingerprint density at radius 1 is 1.47 bits per heavy atom. The summed E-state index contributed by atoms with van der Waals surface area (Å²) in [6.45, 7) is 2.13. The van der Waals surface area contributed by atoms with Gasteiger partial charge < -0.3 is 5.11 Å². The maximum absolute atomic E-state index is 8.87. The summed E-state index contributed by atoms with van der Waals surface area (Å²) in [5, 5.41) is 17.4. The Bertz CT molecular complexity index is 307. The molecule has 0 aliphatic rings. The molecule has 15 heavy (non-hydrogen) atoms. The van der Waals surface area contributed by atoms with E-state index in [1.54, 1.807) is 12.4 Å². The summed E-state index contributed by atoms with van der Waals surface area (Å²) in [5.74, 6) is 0. The Balaban J connectivity index is 2.47. The second kappa shape index (κ2) is 6.93. The van der Waals surface area contributed by atoms with Crippen molar-refractivity contribution in [1.82, 2.24) is 9.88 Å². The topological polar surface area (TPSA) is 60.2 Å². The van der Waals surface area contributed by atoms with Gasteiger partial charge in [-0.1, -0.05) is 6.07 Å². The van der Waals surface area contributed by atoms with Crippen molar-refractivity contribution in [3.8, 4) is 6.07 Å². The van der Waals surface area contributed by atoms with Gasteiger partial charge >= 0.3 is 0 Å².